The Morgan fingerprint density at radius 1 is 1.07 bits per heavy atom. The Kier molecular flexibility index (Phi) is 9.59. The number of Topliss-reactive ketones (excluding diaryl/α,β-unsaturated/α-hetero) is 1. The largest absolute Gasteiger partial charge is 0.508 e. The van der Waals surface area contributed by atoms with Crippen molar-refractivity contribution in [2.45, 2.75) is 22.0 Å². The first-order valence-corrected chi connectivity index (χ1v) is 13.4. The molecule has 10 heteroatoms. The van der Waals surface area contributed by atoms with Gasteiger partial charge >= 0.3 is 5.97 Å². The molecule has 2 aromatic rings. The molecule has 0 aliphatic heterocycles. The van der Waals surface area contributed by atoms with E-state index in [1.54, 1.807) is 44.6 Å². The fourth-order valence-corrected chi connectivity index (χ4v) is 7.83. The van der Waals surface area contributed by atoms with Crippen molar-refractivity contribution in [3.63, 3.8) is 0 Å². The van der Waals surface area contributed by atoms with Crippen molar-refractivity contribution in [3.8, 4) is 17.2 Å². The van der Waals surface area contributed by atoms with Gasteiger partial charge in [0.2, 0.25) is 3.55 Å². The van der Waals surface area contributed by atoms with Gasteiger partial charge in [0.25, 0.3) is 0 Å². The number of halogens is 3. The van der Waals surface area contributed by atoms with Crippen LogP contribution < -0.4 is 4.74 Å². The van der Waals surface area contributed by atoms with Crippen LogP contribution in [0.5, 0.6) is 17.2 Å². The number of carbonyl (C=O) groups excluding carboxylic acids is 2. The Balaban J connectivity index is 2.55. The van der Waals surface area contributed by atoms with Crippen molar-refractivity contribution >= 4 is 88.7 Å². The van der Waals surface area contributed by atoms with Crippen molar-refractivity contribution < 1.29 is 24.2 Å². The number of ether oxygens (including phenoxy) is 2. The highest BCUT2D eigenvalue weighted by atomic mass is 127. The molecule has 0 fully saturated rings. The Hall–Kier alpha value is -0.240. The number of methoxy groups -OCH3 is 1. The zero-order valence-electron chi connectivity index (χ0n) is 16.5. The molecule has 2 rings (SSSR count). The molecule has 0 saturated carbocycles. The summed E-state index contributed by atoms with van der Waals surface area (Å²) in [5.74, 6) is 0.811. The third-order valence-electron chi connectivity index (χ3n) is 4.66. The zero-order chi connectivity index (χ0) is 22.5. The van der Waals surface area contributed by atoms with E-state index in [4.69, 9.17) is 9.47 Å². The van der Waals surface area contributed by atoms with Crippen molar-refractivity contribution in [1.82, 2.24) is 1.33 Å². The molecular weight excluding hydrogens is 746 g/mol. The molecular formula is C20H21I3NO5P. The van der Waals surface area contributed by atoms with E-state index >= 15 is 0 Å². The molecule has 2 aromatic carbocycles. The van der Waals surface area contributed by atoms with Crippen LogP contribution in [0.2, 0.25) is 0 Å². The average molecular weight is 767 g/mol. The highest BCUT2D eigenvalue weighted by molar-refractivity contribution is 14.2. The molecule has 0 saturated heterocycles. The number of carbonyl (C=O) groups is 2. The lowest BCUT2D eigenvalue weighted by atomic mass is 9.85. The lowest BCUT2D eigenvalue weighted by Gasteiger charge is -2.45. The van der Waals surface area contributed by atoms with Crippen LogP contribution >= 0.6 is 76.9 Å². The molecule has 162 valence electrons. The molecule has 0 bridgehead atoms. The molecule has 30 heavy (non-hydrogen) atoms. The number of esters is 1. The van der Waals surface area contributed by atoms with E-state index in [-0.39, 0.29) is 26.5 Å². The van der Waals surface area contributed by atoms with Gasteiger partial charge in [0.15, 0.2) is 0 Å². The maximum atomic E-state index is 13.4. The van der Waals surface area contributed by atoms with Crippen LogP contribution in [0.25, 0.3) is 0 Å². The molecule has 0 aliphatic rings. The average Bonchev–Trinajstić information content (AvgIpc) is 2.75. The Morgan fingerprint density at radius 3 is 1.97 bits per heavy atom. The van der Waals surface area contributed by atoms with E-state index in [1.807, 2.05) is 87.1 Å². The molecule has 0 heterocycles. The maximum Gasteiger partial charge on any atom is 0.339 e. The number of hydrogen-bond acceptors (Lipinski definition) is 6. The minimum Gasteiger partial charge on any atom is -0.508 e. The van der Waals surface area contributed by atoms with Gasteiger partial charge in [-0.2, -0.15) is 1.33 Å². The number of phenolic OH excluding ortho intramolecular Hbond substituents is 1. The maximum absolute atomic E-state index is 13.4. The van der Waals surface area contributed by atoms with Gasteiger partial charge < -0.3 is 14.6 Å². The number of ketones is 1. The molecule has 0 spiro atoms. The van der Waals surface area contributed by atoms with Crippen molar-refractivity contribution in [3.05, 3.63) is 54.1 Å². The van der Waals surface area contributed by atoms with E-state index in [2.05, 4.69) is 0 Å². The number of benzene rings is 2. The number of rotatable bonds is 9. The number of nitrogens with zero attached hydrogens (tertiary/aromatic N) is 1. The second kappa shape index (κ2) is 11.1. The molecule has 0 radical (unpaired) electrons. The predicted octanol–water partition coefficient (Wildman–Crippen LogP) is 5.97. The molecule has 0 amide bonds. The van der Waals surface area contributed by atoms with Crippen molar-refractivity contribution in [2.75, 3.05) is 13.8 Å². The van der Waals surface area contributed by atoms with E-state index in [0.717, 1.165) is 5.56 Å². The molecule has 0 aromatic heterocycles. The Morgan fingerprint density at radius 2 is 1.57 bits per heavy atom. The monoisotopic (exact) mass is 767 g/mol. The van der Waals surface area contributed by atoms with Gasteiger partial charge in [-0.1, -0.05) is 19.1 Å². The normalized spacial score (nSPS) is 15.6. The van der Waals surface area contributed by atoms with Crippen LogP contribution in [0.1, 0.15) is 18.9 Å². The van der Waals surface area contributed by atoms with Crippen LogP contribution in [0.15, 0.2) is 48.5 Å². The molecule has 1 N–H and O–H groups in total. The fraction of sp³-hybridized carbons (Fsp3) is 0.300. The smallest absolute Gasteiger partial charge is 0.339 e. The lowest BCUT2D eigenvalue weighted by molar-refractivity contribution is -0.147. The van der Waals surface area contributed by atoms with Crippen molar-refractivity contribution in [1.29, 1.82) is 0 Å². The fourth-order valence-electron chi connectivity index (χ4n) is 3.16. The summed E-state index contributed by atoms with van der Waals surface area (Å²) in [4.78, 5) is 26.3. The van der Waals surface area contributed by atoms with Crippen LogP contribution in [0.4, 0.5) is 0 Å². The Labute approximate surface area is 219 Å². The van der Waals surface area contributed by atoms with Crippen LogP contribution in [-0.4, -0.2) is 35.5 Å². The summed E-state index contributed by atoms with van der Waals surface area (Å²) < 4.78 is 11.4. The van der Waals surface area contributed by atoms with Gasteiger partial charge in [-0.25, -0.2) is 4.79 Å². The van der Waals surface area contributed by atoms with Crippen LogP contribution in [-0.2, 0) is 19.5 Å². The van der Waals surface area contributed by atoms with Crippen molar-refractivity contribution in [2.24, 2.45) is 0 Å². The summed E-state index contributed by atoms with van der Waals surface area (Å²) in [6.07, 6.45) is 0.287. The minimum atomic E-state index is -1.24. The van der Waals surface area contributed by atoms with Gasteiger partial charge in [0.1, 0.15) is 28.2 Å². The minimum absolute atomic E-state index is 0.0336. The SMILES string of the molecule is CCC(=O)C(PC)(c1ccc(Oc2ccc(O)cc2)cc1)[C@@](I)(C(=O)OC)N(I)I. The lowest BCUT2D eigenvalue weighted by Crippen LogP contribution is -2.59. The predicted molar refractivity (Wildman–Crippen MR) is 144 cm³/mol. The molecule has 6 nitrogen and oxygen atoms in total. The zero-order valence-corrected chi connectivity index (χ0v) is 24.0. The third-order valence-corrected chi connectivity index (χ3v) is 11.9. The van der Waals surface area contributed by atoms with E-state index in [9.17, 15) is 14.7 Å². The van der Waals surface area contributed by atoms with Crippen LogP contribution in [0.3, 0.4) is 0 Å². The van der Waals surface area contributed by atoms with E-state index in [1.165, 1.54) is 7.11 Å². The second-order valence-corrected chi connectivity index (χ2v) is 12.8. The first kappa shape index (κ1) is 26.0. The Bertz CT molecular complexity index is 894. The van der Waals surface area contributed by atoms with Gasteiger partial charge in [-0.05, 0) is 71.2 Å². The summed E-state index contributed by atoms with van der Waals surface area (Å²) in [7, 11) is 1.45. The highest BCUT2D eigenvalue weighted by Gasteiger charge is 2.62. The number of phenols is 1. The first-order valence-electron chi connectivity index (χ1n) is 8.86. The van der Waals surface area contributed by atoms with Gasteiger partial charge in [-0.3, -0.25) is 4.79 Å². The summed E-state index contributed by atoms with van der Waals surface area (Å²) >= 11 is 6.10. The van der Waals surface area contributed by atoms with E-state index < -0.39 is 14.7 Å². The van der Waals surface area contributed by atoms with E-state index in [0.29, 0.717) is 11.5 Å². The van der Waals surface area contributed by atoms with Gasteiger partial charge in [0.05, 0.1) is 7.11 Å². The quantitative estimate of drug-likeness (QED) is 0.0847. The standard InChI is InChI=1S/C20H21I3NO5P/c1-4-17(26)19(30-3,20(21,24(22)23)18(27)28-2)13-5-9-15(10-6-13)29-16-11-7-14(25)8-12-16/h5-12,25,30H,4H2,1-3H3/t19?,20-/m1/s1. The summed E-state index contributed by atoms with van der Waals surface area (Å²) in [5.41, 5.74) is 0.728. The molecule has 3 atom stereocenters. The van der Waals surface area contributed by atoms with Gasteiger partial charge in [-0.15, -0.1) is 8.58 Å². The molecule has 2 unspecified atom stereocenters. The number of aromatic hydroxyl groups is 1. The third kappa shape index (κ3) is 4.89. The first-order chi connectivity index (χ1) is 14.2. The topological polar surface area (TPSA) is 76.1 Å². The molecule has 0 aliphatic carbocycles. The number of hydrogen-bond donors (Lipinski definition) is 1. The summed E-state index contributed by atoms with van der Waals surface area (Å²) in [6.45, 7) is 3.74. The number of alkyl halides is 1. The van der Waals surface area contributed by atoms with Gasteiger partial charge in [0, 0.05) is 52.1 Å². The van der Waals surface area contributed by atoms with Crippen LogP contribution in [0, 0.1) is 0 Å². The highest BCUT2D eigenvalue weighted by Crippen LogP contribution is 2.58. The summed E-state index contributed by atoms with van der Waals surface area (Å²) in [5, 5.41) is 8.32. The second-order valence-electron chi connectivity index (χ2n) is 6.24. The summed E-state index contributed by atoms with van der Waals surface area (Å²) in [6, 6.07) is 13.6.